The van der Waals surface area contributed by atoms with Crippen LogP contribution in [0.25, 0.3) is 0 Å². The molecule has 0 bridgehead atoms. The predicted octanol–water partition coefficient (Wildman–Crippen LogP) is 12.7. The summed E-state index contributed by atoms with van der Waals surface area (Å²) >= 11 is 0. The van der Waals surface area contributed by atoms with E-state index in [2.05, 4.69) is 43.3 Å². The maximum Gasteiger partial charge on any atom is 0.204 e. The molecule has 13 nitrogen and oxygen atoms in total. The molecule has 0 spiro atoms. The minimum atomic E-state index is -0.0250. The van der Waals surface area contributed by atoms with Crippen LogP contribution in [0.4, 0.5) is 0 Å². The molecule has 0 saturated carbocycles. The molecule has 72 heavy (non-hydrogen) atoms. The van der Waals surface area contributed by atoms with E-state index in [1.54, 1.807) is 13.3 Å². The summed E-state index contributed by atoms with van der Waals surface area (Å²) in [7, 11) is 1.76. The van der Waals surface area contributed by atoms with Gasteiger partial charge in [0.2, 0.25) is 6.41 Å². The van der Waals surface area contributed by atoms with E-state index >= 15 is 0 Å². The Morgan fingerprint density at radius 3 is 1.29 bits per heavy atom. The number of aliphatic hydroxyl groups excluding tert-OH is 2. The fourth-order valence-electron chi connectivity index (χ4n) is 7.78. The van der Waals surface area contributed by atoms with E-state index in [-0.39, 0.29) is 33.6 Å². The molecule has 2 unspecified atom stereocenters. The summed E-state index contributed by atoms with van der Waals surface area (Å²) < 4.78 is 27.4. The number of aliphatic imine (C=N–C) groups is 1. The van der Waals surface area contributed by atoms with Crippen molar-refractivity contribution in [3.05, 3.63) is 12.3 Å². The van der Waals surface area contributed by atoms with Crippen molar-refractivity contribution >= 4 is 19.0 Å². The summed E-state index contributed by atoms with van der Waals surface area (Å²) in [6, 6.07) is 0. The van der Waals surface area contributed by atoms with Crippen molar-refractivity contribution in [2.45, 2.75) is 246 Å². The normalized spacial score (nSPS) is 11.9. The summed E-state index contributed by atoms with van der Waals surface area (Å²) in [6.07, 6.45) is 46.8. The van der Waals surface area contributed by atoms with Crippen molar-refractivity contribution in [3.8, 4) is 0 Å². The molecule has 0 heterocycles. The Hall–Kier alpha value is -1.28. The summed E-state index contributed by atoms with van der Waals surface area (Å²) in [5.74, 6) is 0.345. The van der Waals surface area contributed by atoms with Gasteiger partial charge in [-0.2, -0.15) is 0 Å². The monoisotopic (exact) mass is 1200 g/mol. The molecule has 0 fully saturated rings. The van der Waals surface area contributed by atoms with E-state index in [0.717, 1.165) is 84.2 Å². The van der Waals surface area contributed by atoms with Crippen molar-refractivity contribution in [3.63, 3.8) is 0 Å². The van der Waals surface area contributed by atoms with Gasteiger partial charge in [-0.1, -0.05) is 188 Å². The van der Waals surface area contributed by atoms with Crippen molar-refractivity contribution in [1.82, 2.24) is 4.90 Å². The number of aldehydes is 1. The summed E-state index contributed by atoms with van der Waals surface area (Å²) in [5.41, 5.74) is 9.30. The van der Waals surface area contributed by atoms with Gasteiger partial charge in [0, 0.05) is 60.1 Å². The maximum atomic E-state index is 10.9. The van der Waals surface area contributed by atoms with Gasteiger partial charge in [-0.3, -0.25) is 4.79 Å². The summed E-state index contributed by atoms with van der Waals surface area (Å²) in [4.78, 5) is 25.8. The van der Waals surface area contributed by atoms with Crippen LogP contribution >= 0.6 is 0 Å². The average Bonchev–Trinajstić information content (AvgIpc) is 3.37. The van der Waals surface area contributed by atoms with Crippen LogP contribution in [0, 0.1) is 5.92 Å². The van der Waals surface area contributed by atoms with Gasteiger partial charge in [-0.05, 0) is 70.9 Å². The minimum absolute atomic E-state index is 0. The van der Waals surface area contributed by atoms with E-state index in [0.29, 0.717) is 58.8 Å². The zero-order chi connectivity index (χ0) is 53.0. The number of aliphatic hydroxyl groups is 2. The van der Waals surface area contributed by atoms with E-state index in [9.17, 15) is 9.90 Å². The maximum absolute atomic E-state index is 10.9. The van der Waals surface area contributed by atoms with Crippen LogP contribution in [0.2, 0.25) is 0 Å². The van der Waals surface area contributed by atoms with Gasteiger partial charge in [0.25, 0.3) is 0 Å². The number of carbonyl (C=O) groups excluding carboxylic acids is 2. The predicted molar refractivity (Wildman–Crippen MR) is 301 cm³/mol. The molecule has 0 aromatic heterocycles. The number of unbranched alkanes of at least 4 members (excludes halogenated alkanes) is 22. The molecule has 6 N–H and O–H groups in total. The van der Waals surface area contributed by atoms with Crippen molar-refractivity contribution in [2.24, 2.45) is 22.4 Å². The van der Waals surface area contributed by atoms with E-state index in [1.165, 1.54) is 173 Å². The van der Waals surface area contributed by atoms with Crippen molar-refractivity contribution in [1.29, 1.82) is 0 Å². The second kappa shape index (κ2) is 78.6. The first kappa shape index (κ1) is 79.6. The molecule has 0 rings (SSSR count). The first-order valence-corrected chi connectivity index (χ1v) is 29.2. The molecule has 0 aromatic carbocycles. The number of nitrogens with zero attached hydrogens (tertiary/aromatic N) is 2. The topological polar surface area (TPSA) is 188 Å². The van der Waals surface area contributed by atoms with Crippen LogP contribution in [-0.4, -0.2) is 133 Å². The van der Waals surface area contributed by atoms with Gasteiger partial charge in [0.05, 0.1) is 65.3 Å². The number of nitrogens with two attached hydrogens (primary N) is 2. The molecule has 432 valence electrons. The third-order valence-corrected chi connectivity index (χ3v) is 12.2. The number of methoxy groups -OCH3 is 1. The van der Waals surface area contributed by atoms with E-state index in [1.807, 2.05) is 6.08 Å². The number of ether oxygens (including phenoxy) is 5. The van der Waals surface area contributed by atoms with Gasteiger partial charge >= 0.3 is 0 Å². The summed E-state index contributed by atoms with van der Waals surface area (Å²) in [6.45, 7) is 18.1. The molecule has 14 heteroatoms. The molecule has 0 aliphatic rings. The van der Waals surface area contributed by atoms with Crippen LogP contribution in [0.1, 0.15) is 240 Å². The van der Waals surface area contributed by atoms with Crippen LogP contribution in [0.15, 0.2) is 17.3 Å². The van der Waals surface area contributed by atoms with Gasteiger partial charge in [-0.25, -0.2) is 4.99 Å². The first-order valence-electron chi connectivity index (χ1n) is 29.2. The van der Waals surface area contributed by atoms with Crippen molar-refractivity contribution < 1.29 is 64.6 Å². The molecule has 2 atom stereocenters. The smallest absolute Gasteiger partial charge is 0.204 e. The van der Waals surface area contributed by atoms with Gasteiger partial charge in [0.1, 0.15) is 6.29 Å². The van der Waals surface area contributed by atoms with Gasteiger partial charge in [-0.15, -0.1) is 0 Å². The Balaban J connectivity index is -0.000000336. The van der Waals surface area contributed by atoms with Crippen LogP contribution in [-0.2, 0) is 54.3 Å². The molecule has 1 amide bonds. The summed E-state index contributed by atoms with van der Waals surface area (Å²) in [5, 5.41) is 18.7. The molecular weight excluding hydrogens is 1080 g/mol. The number of hydrogen-bond acceptors (Lipinski definition) is 11. The zero-order valence-electron chi connectivity index (χ0n) is 47.8. The molecule has 0 saturated heterocycles. The SMILES string of the molecule is CCCCCCCCC(C=O)CCCCCC.CCCCCCCCC(O)CCCCCC.COCCCCCCN(CCCCCCO)CCOCCOCCOCCOCC/C=C/N=CN.NC=O.[W]. The Morgan fingerprint density at radius 2 is 0.861 bits per heavy atom. The Bertz CT molecular complexity index is 1010. The molecule has 0 radical (unpaired) electrons. The number of primary amides is 1. The minimum Gasteiger partial charge on any atom is -0.396 e. The molecule has 0 aliphatic carbocycles. The number of amides is 1. The molecular formula is C58H120N4O9W. The van der Waals surface area contributed by atoms with E-state index in [4.69, 9.17) is 39.3 Å². The van der Waals surface area contributed by atoms with Crippen LogP contribution < -0.4 is 11.5 Å². The van der Waals surface area contributed by atoms with Crippen molar-refractivity contribution in [2.75, 3.05) is 92.8 Å². The van der Waals surface area contributed by atoms with Crippen LogP contribution in [0.5, 0.6) is 0 Å². The third-order valence-electron chi connectivity index (χ3n) is 12.2. The quantitative estimate of drug-likeness (QED) is 0.0196. The standard InChI is InChI=1S/C26H53N3O6.C16H32O.C15H32O.CH3NO.W/c1-31-17-10-5-3-8-14-29(13-7-2-4-9-16-30)15-19-33-21-23-35-25-24-34-22-20-32-18-11-6-12-28-26-27;1-3-5-7-9-10-12-14-16(15-17)13-11-8-6-4-2;1-3-5-7-9-10-12-14-15(16)13-11-8-6-4-2;2-1-3;/h6,12,26,30H,2-5,7-11,13-25H2,1H3,(H2,27,28);15-16H,3-14H2,1-2H3;15-16H,3-14H2,1-2H3;1H,(H2,2,3);/b12-6+;;;;. The second-order valence-electron chi connectivity index (χ2n) is 18.8. The van der Waals surface area contributed by atoms with E-state index < -0.39 is 0 Å². The largest absolute Gasteiger partial charge is 0.396 e. The van der Waals surface area contributed by atoms with Gasteiger partial charge < -0.3 is 55.1 Å². The fraction of sp³-hybridized carbons (Fsp3) is 0.914. The Labute approximate surface area is 459 Å². The van der Waals surface area contributed by atoms with Gasteiger partial charge in [0.15, 0.2) is 0 Å². The Kier molecular flexibility index (Phi) is 86.9. The Morgan fingerprint density at radius 1 is 0.486 bits per heavy atom. The number of rotatable bonds is 54. The second-order valence-corrected chi connectivity index (χ2v) is 18.8. The zero-order valence-corrected chi connectivity index (χ0v) is 50.7. The molecule has 0 aliphatic heterocycles. The molecule has 0 aromatic rings. The number of carbonyl (C=O) groups is 2. The number of hydrogen-bond donors (Lipinski definition) is 4. The fourth-order valence-corrected chi connectivity index (χ4v) is 7.78. The van der Waals surface area contributed by atoms with Crippen LogP contribution in [0.3, 0.4) is 0 Å². The third kappa shape index (κ3) is 80.1. The average molecular weight is 1200 g/mol. The first-order chi connectivity index (χ1) is 34.9.